The van der Waals surface area contributed by atoms with Crippen LogP contribution in [0.5, 0.6) is 0 Å². The molecule has 0 saturated heterocycles. The number of benzene rings is 2. The number of halogens is 1. The molecule has 24 heavy (non-hydrogen) atoms. The van der Waals surface area contributed by atoms with E-state index in [1.807, 2.05) is 6.07 Å². The summed E-state index contributed by atoms with van der Waals surface area (Å²) in [4.78, 5) is 26.2. The first-order valence-electron chi connectivity index (χ1n) is 7.81. The summed E-state index contributed by atoms with van der Waals surface area (Å²) in [6.07, 6.45) is 1.51. The predicted octanol–water partition coefficient (Wildman–Crippen LogP) is 2.71. The number of nitrogens with zero attached hydrogens (tertiary/aromatic N) is 2. The van der Waals surface area contributed by atoms with Gasteiger partial charge in [-0.1, -0.05) is 24.3 Å². The van der Waals surface area contributed by atoms with Crippen molar-refractivity contribution in [3.05, 3.63) is 64.4 Å². The number of aromatic nitrogens is 1. The first kappa shape index (κ1) is 14.7. The van der Waals surface area contributed by atoms with E-state index in [-0.39, 0.29) is 12.5 Å². The molecule has 5 nitrogen and oxygen atoms in total. The summed E-state index contributed by atoms with van der Waals surface area (Å²) >= 11 is 0. The molecule has 3 aromatic rings. The number of para-hydroxylation sites is 3. The highest BCUT2D eigenvalue weighted by atomic mass is 19.1. The first-order valence-corrected chi connectivity index (χ1v) is 7.81. The molecule has 0 spiro atoms. The van der Waals surface area contributed by atoms with Gasteiger partial charge in [-0.3, -0.25) is 9.36 Å². The van der Waals surface area contributed by atoms with E-state index in [2.05, 4.69) is 0 Å². The zero-order valence-corrected chi connectivity index (χ0v) is 12.9. The molecule has 0 aliphatic carbocycles. The van der Waals surface area contributed by atoms with Crippen molar-refractivity contribution in [2.45, 2.75) is 19.4 Å². The van der Waals surface area contributed by atoms with Crippen molar-refractivity contribution in [3.8, 4) is 0 Å². The Labute approximate surface area is 136 Å². The number of hydrogen-bond acceptors (Lipinski definition) is 3. The lowest BCUT2D eigenvalue weighted by Gasteiger charge is -2.29. The van der Waals surface area contributed by atoms with Crippen LogP contribution in [0, 0.1) is 5.82 Å². The molecular formula is C18H15FN2O3. The molecule has 2 heterocycles. The SMILES string of the molecule is O=C(Cn1c(=O)oc2ccccc21)N1CCCc2cccc(F)c21. The smallest absolute Gasteiger partial charge is 0.408 e. The zero-order valence-electron chi connectivity index (χ0n) is 12.9. The Hall–Kier alpha value is -2.89. The van der Waals surface area contributed by atoms with Gasteiger partial charge in [-0.25, -0.2) is 9.18 Å². The van der Waals surface area contributed by atoms with Crippen LogP contribution in [0.25, 0.3) is 11.1 Å². The minimum atomic E-state index is -0.588. The highest BCUT2D eigenvalue weighted by molar-refractivity contribution is 5.95. The molecule has 0 fully saturated rings. The fourth-order valence-electron chi connectivity index (χ4n) is 3.24. The molecule has 1 aliphatic heterocycles. The second kappa shape index (κ2) is 5.63. The average molecular weight is 326 g/mol. The lowest BCUT2D eigenvalue weighted by atomic mass is 10.0. The van der Waals surface area contributed by atoms with E-state index < -0.39 is 11.6 Å². The van der Waals surface area contributed by atoms with Gasteiger partial charge in [-0.05, 0) is 36.6 Å². The van der Waals surface area contributed by atoms with Gasteiger partial charge in [0.2, 0.25) is 5.91 Å². The Balaban J connectivity index is 1.71. The molecule has 2 aromatic carbocycles. The van der Waals surface area contributed by atoms with Crippen LogP contribution >= 0.6 is 0 Å². The number of rotatable bonds is 2. The quantitative estimate of drug-likeness (QED) is 0.727. The number of oxazole rings is 1. The maximum absolute atomic E-state index is 14.2. The predicted molar refractivity (Wildman–Crippen MR) is 87.5 cm³/mol. The number of aryl methyl sites for hydroxylation is 1. The number of carbonyl (C=O) groups excluding carboxylic acids is 1. The van der Waals surface area contributed by atoms with Gasteiger partial charge in [0.15, 0.2) is 5.58 Å². The van der Waals surface area contributed by atoms with Crippen molar-refractivity contribution in [2.75, 3.05) is 11.4 Å². The Morgan fingerprint density at radius 1 is 1.17 bits per heavy atom. The van der Waals surface area contributed by atoms with E-state index in [0.717, 1.165) is 18.4 Å². The van der Waals surface area contributed by atoms with Crippen molar-refractivity contribution >= 4 is 22.7 Å². The molecule has 0 N–H and O–H groups in total. The molecule has 1 aliphatic rings. The van der Waals surface area contributed by atoms with Crippen LogP contribution < -0.4 is 10.7 Å². The Kier molecular flexibility index (Phi) is 3.45. The van der Waals surface area contributed by atoms with Gasteiger partial charge in [0.05, 0.1) is 11.2 Å². The van der Waals surface area contributed by atoms with Crippen LogP contribution in [0.4, 0.5) is 10.1 Å². The fourth-order valence-corrected chi connectivity index (χ4v) is 3.24. The molecule has 122 valence electrons. The summed E-state index contributed by atoms with van der Waals surface area (Å²) in [6, 6.07) is 11.8. The van der Waals surface area contributed by atoms with Crippen molar-refractivity contribution in [3.63, 3.8) is 0 Å². The van der Waals surface area contributed by atoms with E-state index >= 15 is 0 Å². The number of hydrogen-bond donors (Lipinski definition) is 0. The van der Waals surface area contributed by atoms with Crippen molar-refractivity contribution in [1.82, 2.24) is 4.57 Å². The van der Waals surface area contributed by atoms with E-state index in [1.165, 1.54) is 15.5 Å². The van der Waals surface area contributed by atoms with Gasteiger partial charge in [0.25, 0.3) is 0 Å². The van der Waals surface area contributed by atoms with Crippen LogP contribution in [0.15, 0.2) is 51.7 Å². The third-order valence-electron chi connectivity index (χ3n) is 4.34. The van der Waals surface area contributed by atoms with Crippen molar-refractivity contribution in [1.29, 1.82) is 0 Å². The van der Waals surface area contributed by atoms with Gasteiger partial charge in [-0.15, -0.1) is 0 Å². The van der Waals surface area contributed by atoms with Crippen molar-refractivity contribution < 1.29 is 13.6 Å². The molecule has 1 aromatic heterocycles. The monoisotopic (exact) mass is 326 g/mol. The summed E-state index contributed by atoms with van der Waals surface area (Å²) < 4.78 is 20.6. The summed E-state index contributed by atoms with van der Waals surface area (Å²) in [6.45, 7) is 0.265. The van der Waals surface area contributed by atoms with Crippen LogP contribution in [0.1, 0.15) is 12.0 Å². The molecule has 0 unspecified atom stereocenters. The second-order valence-corrected chi connectivity index (χ2v) is 5.82. The molecule has 0 saturated carbocycles. The number of amides is 1. The minimum Gasteiger partial charge on any atom is -0.408 e. The van der Waals surface area contributed by atoms with E-state index in [4.69, 9.17) is 4.42 Å². The summed E-state index contributed by atoms with van der Waals surface area (Å²) in [5.41, 5.74) is 2.13. The topological polar surface area (TPSA) is 55.5 Å². The van der Waals surface area contributed by atoms with Gasteiger partial charge < -0.3 is 9.32 Å². The second-order valence-electron chi connectivity index (χ2n) is 5.82. The van der Waals surface area contributed by atoms with Crippen LogP contribution in [-0.4, -0.2) is 17.0 Å². The summed E-state index contributed by atoms with van der Waals surface area (Å²) in [7, 11) is 0. The number of carbonyl (C=O) groups is 1. The maximum Gasteiger partial charge on any atom is 0.420 e. The standard InChI is InChI=1S/C18H15FN2O3/c19-13-7-3-5-12-6-4-10-20(17(12)13)16(22)11-21-14-8-1-2-9-15(14)24-18(21)23/h1-3,5,7-9H,4,6,10-11H2. The largest absolute Gasteiger partial charge is 0.420 e. The Bertz CT molecular complexity index is 989. The average Bonchev–Trinajstić information content (AvgIpc) is 2.90. The maximum atomic E-state index is 14.2. The molecular weight excluding hydrogens is 311 g/mol. The Morgan fingerprint density at radius 2 is 2.00 bits per heavy atom. The van der Waals surface area contributed by atoms with Gasteiger partial charge in [0, 0.05) is 6.54 Å². The summed E-state index contributed by atoms with van der Waals surface area (Å²) in [5.74, 6) is -1.32. The van der Waals surface area contributed by atoms with Crippen LogP contribution in [0.2, 0.25) is 0 Å². The number of anilines is 1. The highest BCUT2D eigenvalue weighted by Crippen LogP contribution is 2.30. The van der Waals surface area contributed by atoms with Gasteiger partial charge >= 0.3 is 5.76 Å². The fraction of sp³-hybridized carbons (Fsp3) is 0.222. The number of fused-ring (bicyclic) bond motifs is 2. The molecule has 0 atom stereocenters. The molecule has 1 amide bonds. The van der Waals surface area contributed by atoms with E-state index in [1.54, 1.807) is 30.3 Å². The zero-order chi connectivity index (χ0) is 16.7. The molecule has 0 radical (unpaired) electrons. The third kappa shape index (κ3) is 2.31. The normalized spacial score (nSPS) is 14.0. The lowest BCUT2D eigenvalue weighted by molar-refractivity contribution is -0.119. The lowest BCUT2D eigenvalue weighted by Crippen LogP contribution is -2.39. The van der Waals surface area contributed by atoms with E-state index in [0.29, 0.717) is 23.3 Å². The molecule has 4 rings (SSSR count). The van der Waals surface area contributed by atoms with Crippen LogP contribution in [0.3, 0.4) is 0 Å². The van der Waals surface area contributed by atoms with Crippen molar-refractivity contribution in [2.24, 2.45) is 0 Å². The Morgan fingerprint density at radius 3 is 2.88 bits per heavy atom. The minimum absolute atomic E-state index is 0.177. The third-order valence-corrected chi connectivity index (χ3v) is 4.34. The van der Waals surface area contributed by atoms with Gasteiger partial charge in [-0.2, -0.15) is 0 Å². The molecule has 6 heteroatoms. The van der Waals surface area contributed by atoms with Gasteiger partial charge in [0.1, 0.15) is 12.4 Å². The van der Waals surface area contributed by atoms with E-state index in [9.17, 15) is 14.0 Å². The first-order chi connectivity index (χ1) is 11.6. The highest BCUT2D eigenvalue weighted by Gasteiger charge is 2.26. The summed E-state index contributed by atoms with van der Waals surface area (Å²) in [5, 5.41) is 0. The molecule has 0 bridgehead atoms. The van der Waals surface area contributed by atoms with Crippen LogP contribution in [-0.2, 0) is 17.8 Å².